The van der Waals surface area contributed by atoms with E-state index in [0.29, 0.717) is 6.29 Å². The zero-order valence-corrected chi connectivity index (χ0v) is 10.5. The maximum absolute atomic E-state index is 13.4. The lowest BCUT2D eigenvalue weighted by molar-refractivity contribution is 0.0715. The summed E-state index contributed by atoms with van der Waals surface area (Å²) in [5.41, 5.74) is -0.0256. The van der Waals surface area contributed by atoms with Crippen LogP contribution < -0.4 is 4.74 Å². The third-order valence-electron chi connectivity index (χ3n) is 2.65. The van der Waals surface area contributed by atoms with E-state index >= 15 is 0 Å². The Bertz CT molecular complexity index is 727. The summed E-state index contributed by atoms with van der Waals surface area (Å²) in [6, 6.07) is 4.61. The summed E-state index contributed by atoms with van der Waals surface area (Å²) in [5, 5.41) is 0. The highest BCUT2D eigenvalue weighted by Gasteiger charge is 2.28. The van der Waals surface area contributed by atoms with Gasteiger partial charge in [0, 0.05) is 5.56 Å². The van der Waals surface area contributed by atoms with Crippen molar-refractivity contribution < 1.29 is 36.3 Å². The maximum atomic E-state index is 13.4. The fourth-order valence-corrected chi connectivity index (χ4v) is 1.52. The van der Waals surface area contributed by atoms with Crippen LogP contribution in [0.1, 0.15) is 20.7 Å². The molecule has 0 bridgehead atoms. The number of rotatable bonds is 3. The van der Waals surface area contributed by atoms with E-state index in [9.17, 15) is 31.5 Å². The molecule has 3 nitrogen and oxygen atoms in total. The molecule has 0 aromatic heterocycles. The predicted molar refractivity (Wildman–Crippen MR) is 63.0 cm³/mol. The van der Waals surface area contributed by atoms with Crippen LogP contribution in [0.3, 0.4) is 0 Å². The van der Waals surface area contributed by atoms with Gasteiger partial charge in [-0.15, -0.1) is 0 Å². The van der Waals surface area contributed by atoms with Gasteiger partial charge in [-0.05, 0) is 12.1 Å². The van der Waals surface area contributed by atoms with Gasteiger partial charge in [0.25, 0.3) is 0 Å². The van der Waals surface area contributed by atoms with E-state index in [-0.39, 0.29) is 11.1 Å². The maximum Gasteiger partial charge on any atom is 0.343 e. The molecule has 0 spiro atoms. The van der Waals surface area contributed by atoms with Crippen LogP contribution in [-0.4, -0.2) is 12.3 Å². The van der Waals surface area contributed by atoms with Crippen LogP contribution in [0.5, 0.6) is 5.75 Å². The second-order valence-corrected chi connectivity index (χ2v) is 4.03. The number of benzene rings is 2. The van der Waals surface area contributed by atoms with Gasteiger partial charge in [-0.25, -0.2) is 18.0 Å². The molecule has 0 aliphatic carbocycles. The molecule has 0 atom stereocenters. The minimum Gasteiger partial charge on any atom is -0.416 e. The van der Waals surface area contributed by atoms with Crippen LogP contribution in [-0.2, 0) is 0 Å². The molecule has 0 aliphatic rings. The first-order valence-corrected chi connectivity index (χ1v) is 5.65. The van der Waals surface area contributed by atoms with Crippen molar-refractivity contribution in [3.8, 4) is 5.75 Å². The van der Waals surface area contributed by atoms with E-state index in [2.05, 4.69) is 4.74 Å². The lowest BCUT2D eigenvalue weighted by Gasteiger charge is -2.08. The standard InChI is InChI=1S/C14H5F5O3/c15-8-9(16)11(18)13(12(19)10(8)17)22-14(21)7-3-1-6(5-20)2-4-7/h1-5H. The van der Waals surface area contributed by atoms with Gasteiger partial charge < -0.3 is 4.74 Å². The van der Waals surface area contributed by atoms with E-state index in [0.717, 1.165) is 12.1 Å². The molecular weight excluding hydrogens is 311 g/mol. The fourth-order valence-electron chi connectivity index (χ4n) is 1.52. The summed E-state index contributed by atoms with van der Waals surface area (Å²) in [6.45, 7) is 0. The van der Waals surface area contributed by atoms with Crippen molar-refractivity contribution in [3.63, 3.8) is 0 Å². The first kappa shape index (κ1) is 15.6. The smallest absolute Gasteiger partial charge is 0.343 e. The van der Waals surface area contributed by atoms with Crippen molar-refractivity contribution in [2.24, 2.45) is 0 Å². The molecule has 22 heavy (non-hydrogen) atoms. The van der Waals surface area contributed by atoms with Gasteiger partial charge in [0.05, 0.1) is 5.56 Å². The Balaban J connectivity index is 2.38. The Morgan fingerprint density at radius 1 is 0.818 bits per heavy atom. The minimum absolute atomic E-state index is 0.216. The Hall–Kier alpha value is -2.77. The third kappa shape index (κ3) is 2.67. The van der Waals surface area contributed by atoms with Crippen molar-refractivity contribution in [2.45, 2.75) is 0 Å². The number of esters is 1. The molecule has 0 amide bonds. The van der Waals surface area contributed by atoms with Crippen LogP contribution in [0.4, 0.5) is 22.0 Å². The van der Waals surface area contributed by atoms with E-state index < -0.39 is 40.8 Å². The van der Waals surface area contributed by atoms with Gasteiger partial charge in [0.15, 0.2) is 0 Å². The quantitative estimate of drug-likeness (QED) is 0.218. The predicted octanol–water partition coefficient (Wildman–Crippen LogP) is 3.41. The van der Waals surface area contributed by atoms with E-state index in [1.54, 1.807) is 0 Å². The molecule has 2 aromatic carbocycles. The Morgan fingerprint density at radius 3 is 1.73 bits per heavy atom. The highest BCUT2D eigenvalue weighted by molar-refractivity contribution is 5.92. The molecule has 0 saturated heterocycles. The van der Waals surface area contributed by atoms with Gasteiger partial charge in [0.2, 0.25) is 34.8 Å². The van der Waals surface area contributed by atoms with Crippen LogP contribution in [0.15, 0.2) is 24.3 Å². The number of carbonyl (C=O) groups excluding carboxylic acids is 2. The highest BCUT2D eigenvalue weighted by atomic mass is 19.2. The van der Waals surface area contributed by atoms with Gasteiger partial charge in [-0.1, -0.05) is 12.1 Å². The molecule has 0 saturated carbocycles. The summed E-state index contributed by atoms with van der Waals surface area (Å²) in [4.78, 5) is 22.1. The molecule has 0 N–H and O–H groups in total. The number of halogens is 5. The number of hydrogen-bond acceptors (Lipinski definition) is 3. The highest BCUT2D eigenvalue weighted by Crippen LogP contribution is 2.29. The topological polar surface area (TPSA) is 43.4 Å². The van der Waals surface area contributed by atoms with Crippen molar-refractivity contribution in [1.82, 2.24) is 0 Å². The Morgan fingerprint density at radius 2 is 1.27 bits per heavy atom. The van der Waals surface area contributed by atoms with Crippen LogP contribution >= 0.6 is 0 Å². The molecule has 0 aliphatic heterocycles. The molecule has 2 aromatic rings. The monoisotopic (exact) mass is 316 g/mol. The number of ether oxygens (including phenoxy) is 1. The van der Waals surface area contributed by atoms with Crippen LogP contribution in [0.25, 0.3) is 0 Å². The summed E-state index contributed by atoms with van der Waals surface area (Å²) >= 11 is 0. The normalized spacial score (nSPS) is 10.4. The number of aldehydes is 1. The molecule has 114 valence electrons. The second-order valence-electron chi connectivity index (χ2n) is 4.03. The SMILES string of the molecule is O=Cc1ccc(C(=O)Oc2c(F)c(F)c(F)c(F)c2F)cc1. The molecule has 0 unspecified atom stereocenters. The zero-order chi connectivity index (χ0) is 16.4. The average Bonchev–Trinajstić information content (AvgIpc) is 2.55. The van der Waals surface area contributed by atoms with Gasteiger partial charge in [-0.3, -0.25) is 4.79 Å². The summed E-state index contributed by atoms with van der Waals surface area (Å²) in [6.07, 6.45) is 0.485. The lowest BCUT2D eigenvalue weighted by Crippen LogP contribution is -2.13. The van der Waals surface area contributed by atoms with E-state index in [4.69, 9.17) is 0 Å². The lowest BCUT2D eigenvalue weighted by atomic mass is 10.1. The minimum atomic E-state index is -2.36. The zero-order valence-electron chi connectivity index (χ0n) is 10.5. The first-order valence-electron chi connectivity index (χ1n) is 5.65. The molecule has 8 heteroatoms. The third-order valence-corrected chi connectivity index (χ3v) is 2.65. The Kier molecular flexibility index (Phi) is 4.20. The molecular formula is C14H5F5O3. The Labute approximate surface area is 119 Å². The van der Waals surface area contributed by atoms with Crippen molar-refractivity contribution in [1.29, 1.82) is 0 Å². The molecule has 0 radical (unpaired) electrons. The van der Waals surface area contributed by atoms with Gasteiger partial charge >= 0.3 is 5.97 Å². The van der Waals surface area contributed by atoms with Crippen LogP contribution in [0.2, 0.25) is 0 Å². The van der Waals surface area contributed by atoms with Gasteiger partial charge in [-0.2, -0.15) is 8.78 Å². The van der Waals surface area contributed by atoms with E-state index in [1.165, 1.54) is 12.1 Å². The largest absolute Gasteiger partial charge is 0.416 e. The van der Waals surface area contributed by atoms with Crippen LogP contribution in [0, 0.1) is 29.1 Å². The molecule has 2 rings (SSSR count). The van der Waals surface area contributed by atoms with E-state index in [1.807, 2.05) is 0 Å². The summed E-state index contributed by atoms with van der Waals surface area (Å²) in [5.74, 6) is -14.4. The summed E-state index contributed by atoms with van der Waals surface area (Å²) < 4.78 is 69.7. The molecule has 0 heterocycles. The first-order chi connectivity index (χ1) is 10.4. The second kappa shape index (κ2) is 5.92. The molecule has 0 fully saturated rings. The van der Waals surface area contributed by atoms with Crippen molar-refractivity contribution in [2.75, 3.05) is 0 Å². The fraction of sp³-hybridized carbons (Fsp3) is 0. The van der Waals surface area contributed by atoms with Crippen molar-refractivity contribution in [3.05, 3.63) is 64.5 Å². The van der Waals surface area contributed by atoms with Crippen molar-refractivity contribution >= 4 is 12.3 Å². The summed E-state index contributed by atoms with van der Waals surface area (Å²) in [7, 11) is 0. The number of carbonyl (C=O) groups is 2. The van der Waals surface area contributed by atoms with Gasteiger partial charge in [0.1, 0.15) is 6.29 Å². The average molecular weight is 316 g/mol. The number of hydrogen-bond donors (Lipinski definition) is 0.